The van der Waals surface area contributed by atoms with Crippen molar-refractivity contribution in [1.82, 2.24) is 19.8 Å². The first-order valence-electron chi connectivity index (χ1n) is 8.63. The highest BCUT2D eigenvalue weighted by Gasteiger charge is 2.28. The number of fused-ring (bicyclic) bond motifs is 1. The fourth-order valence-corrected chi connectivity index (χ4v) is 3.70. The lowest BCUT2D eigenvalue weighted by atomic mass is 9.95. The number of aryl methyl sites for hydroxylation is 1. The summed E-state index contributed by atoms with van der Waals surface area (Å²) in [5.74, 6) is 1.28. The predicted octanol–water partition coefficient (Wildman–Crippen LogP) is 2.15. The van der Waals surface area contributed by atoms with E-state index in [1.54, 1.807) is 0 Å². The smallest absolute Gasteiger partial charge is 0.237 e. The van der Waals surface area contributed by atoms with Gasteiger partial charge >= 0.3 is 0 Å². The van der Waals surface area contributed by atoms with Crippen molar-refractivity contribution in [3.8, 4) is 0 Å². The Hall–Kier alpha value is -1.36. The molecule has 1 atom stereocenters. The van der Waals surface area contributed by atoms with E-state index in [4.69, 9.17) is 0 Å². The van der Waals surface area contributed by atoms with Gasteiger partial charge in [0.15, 0.2) is 0 Å². The summed E-state index contributed by atoms with van der Waals surface area (Å²) in [5.41, 5.74) is 2.37. The highest BCUT2D eigenvalue weighted by atomic mass is 16.2. The van der Waals surface area contributed by atoms with E-state index in [2.05, 4.69) is 33.6 Å². The van der Waals surface area contributed by atoms with E-state index < -0.39 is 0 Å². The topological polar surface area (TPSA) is 50.2 Å². The van der Waals surface area contributed by atoms with Gasteiger partial charge in [0, 0.05) is 24.8 Å². The molecular weight excluding hydrogens is 276 g/mol. The molecule has 5 heteroatoms. The summed E-state index contributed by atoms with van der Waals surface area (Å²) in [6, 6.07) is 0.313. The molecular formula is C17H28N4O. The maximum Gasteiger partial charge on any atom is 0.237 e. The Morgan fingerprint density at radius 3 is 2.68 bits per heavy atom. The van der Waals surface area contributed by atoms with Crippen LogP contribution in [0.25, 0.3) is 0 Å². The van der Waals surface area contributed by atoms with Crippen LogP contribution >= 0.6 is 0 Å². The summed E-state index contributed by atoms with van der Waals surface area (Å²) >= 11 is 0. The average molecular weight is 304 g/mol. The van der Waals surface area contributed by atoms with Crippen LogP contribution in [0.5, 0.6) is 0 Å². The zero-order chi connectivity index (χ0) is 15.7. The van der Waals surface area contributed by atoms with Crippen LogP contribution in [-0.2, 0) is 17.9 Å². The van der Waals surface area contributed by atoms with E-state index in [9.17, 15) is 4.79 Å². The second-order valence-electron chi connectivity index (χ2n) is 6.84. The summed E-state index contributed by atoms with van der Waals surface area (Å²) < 4.78 is 2.29. The molecule has 0 aromatic carbocycles. The number of hydrogen-bond donors (Lipinski definition) is 1. The lowest BCUT2D eigenvalue weighted by molar-refractivity contribution is -0.127. The van der Waals surface area contributed by atoms with Crippen LogP contribution in [0.4, 0.5) is 0 Å². The molecule has 122 valence electrons. The molecule has 1 fully saturated rings. The van der Waals surface area contributed by atoms with Gasteiger partial charge in [0.25, 0.3) is 0 Å². The minimum atomic E-state index is -0.0759. The van der Waals surface area contributed by atoms with Gasteiger partial charge in [-0.25, -0.2) is 4.98 Å². The molecule has 1 unspecified atom stereocenters. The van der Waals surface area contributed by atoms with E-state index >= 15 is 0 Å². The van der Waals surface area contributed by atoms with Crippen molar-refractivity contribution in [2.24, 2.45) is 0 Å². The van der Waals surface area contributed by atoms with Crippen molar-refractivity contribution < 1.29 is 4.79 Å². The summed E-state index contributed by atoms with van der Waals surface area (Å²) in [6.45, 7) is 8.83. The van der Waals surface area contributed by atoms with Crippen LogP contribution in [0.15, 0.2) is 0 Å². The maximum absolute atomic E-state index is 12.5. The van der Waals surface area contributed by atoms with Gasteiger partial charge in [-0.2, -0.15) is 0 Å². The van der Waals surface area contributed by atoms with Crippen molar-refractivity contribution in [3.05, 3.63) is 17.2 Å². The molecule has 1 aliphatic carbocycles. The zero-order valence-electron chi connectivity index (χ0n) is 14.1. The highest BCUT2D eigenvalue weighted by molar-refractivity contribution is 5.81. The highest BCUT2D eigenvalue weighted by Crippen LogP contribution is 2.20. The Bertz CT molecular complexity index is 545. The third-order valence-electron chi connectivity index (χ3n) is 5.37. The van der Waals surface area contributed by atoms with E-state index in [-0.39, 0.29) is 11.9 Å². The van der Waals surface area contributed by atoms with E-state index in [0.717, 1.165) is 44.0 Å². The Balaban J connectivity index is 1.60. The summed E-state index contributed by atoms with van der Waals surface area (Å²) in [4.78, 5) is 19.4. The van der Waals surface area contributed by atoms with E-state index in [1.807, 2.05) is 6.92 Å². The molecule has 1 aromatic heterocycles. The van der Waals surface area contributed by atoms with Gasteiger partial charge in [-0.15, -0.1) is 0 Å². The van der Waals surface area contributed by atoms with Crippen molar-refractivity contribution >= 4 is 5.91 Å². The second kappa shape index (κ2) is 6.41. The van der Waals surface area contributed by atoms with Gasteiger partial charge in [-0.1, -0.05) is 19.3 Å². The average Bonchev–Trinajstić information content (AvgIpc) is 2.81. The molecule has 1 N–H and O–H groups in total. The molecule has 3 rings (SSSR count). The number of rotatable bonds is 3. The number of amides is 1. The molecule has 0 bridgehead atoms. The van der Waals surface area contributed by atoms with Gasteiger partial charge in [0.05, 0.1) is 18.3 Å². The summed E-state index contributed by atoms with van der Waals surface area (Å²) in [6.07, 6.45) is 6.09. The van der Waals surface area contributed by atoms with Crippen LogP contribution in [0, 0.1) is 13.8 Å². The number of nitrogens with one attached hydrogen (secondary N) is 1. The number of nitrogens with zero attached hydrogens (tertiary/aromatic N) is 3. The lowest BCUT2D eigenvalue weighted by Crippen LogP contribution is -2.50. The first-order chi connectivity index (χ1) is 10.6. The number of carbonyl (C=O) groups is 1. The molecule has 1 saturated carbocycles. The SMILES string of the molecule is Cc1nc2n(c1C)CCN(C(C)C(=O)NC1CCCCC1)C2. The van der Waals surface area contributed by atoms with Crippen LogP contribution < -0.4 is 5.32 Å². The molecule has 1 aliphatic heterocycles. The molecule has 2 aliphatic rings. The fraction of sp³-hybridized carbons (Fsp3) is 0.765. The van der Waals surface area contributed by atoms with Gasteiger partial charge in [0.1, 0.15) is 5.82 Å². The minimum Gasteiger partial charge on any atom is -0.352 e. The zero-order valence-corrected chi connectivity index (χ0v) is 14.1. The van der Waals surface area contributed by atoms with E-state index in [0.29, 0.717) is 6.04 Å². The van der Waals surface area contributed by atoms with Gasteiger partial charge in [-0.05, 0) is 33.6 Å². The minimum absolute atomic E-state index is 0.0759. The van der Waals surface area contributed by atoms with Gasteiger partial charge in [0.2, 0.25) is 5.91 Å². The number of hydrogen-bond acceptors (Lipinski definition) is 3. The molecule has 0 radical (unpaired) electrons. The first kappa shape index (κ1) is 15.5. The Kier molecular flexibility index (Phi) is 4.52. The first-order valence-corrected chi connectivity index (χ1v) is 8.63. The fourth-order valence-electron chi connectivity index (χ4n) is 3.70. The van der Waals surface area contributed by atoms with Crippen molar-refractivity contribution in [1.29, 1.82) is 0 Å². The van der Waals surface area contributed by atoms with Crippen LogP contribution in [0.2, 0.25) is 0 Å². The largest absolute Gasteiger partial charge is 0.352 e. The third-order valence-corrected chi connectivity index (χ3v) is 5.37. The summed E-state index contributed by atoms with van der Waals surface area (Å²) in [7, 11) is 0. The second-order valence-corrected chi connectivity index (χ2v) is 6.84. The molecule has 2 heterocycles. The monoisotopic (exact) mass is 304 g/mol. The Labute approximate surface area is 133 Å². The third kappa shape index (κ3) is 3.05. The molecule has 1 amide bonds. The number of carbonyl (C=O) groups excluding carboxylic acids is 1. The molecule has 0 spiro atoms. The van der Waals surface area contributed by atoms with Crippen LogP contribution in [0.3, 0.4) is 0 Å². The van der Waals surface area contributed by atoms with Crippen molar-refractivity contribution in [2.45, 2.75) is 78.0 Å². The predicted molar refractivity (Wildman–Crippen MR) is 86.6 cm³/mol. The Morgan fingerprint density at radius 2 is 1.95 bits per heavy atom. The Morgan fingerprint density at radius 1 is 1.23 bits per heavy atom. The maximum atomic E-state index is 12.5. The van der Waals surface area contributed by atoms with Crippen LogP contribution in [0.1, 0.15) is 56.2 Å². The quantitative estimate of drug-likeness (QED) is 0.931. The van der Waals surface area contributed by atoms with Gasteiger partial charge < -0.3 is 9.88 Å². The van der Waals surface area contributed by atoms with Crippen molar-refractivity contribution in [3.63, 3.8) is 0 Å². The van der Waals surface area contributed by atoms with Gasteiger partial charge in [-0.3, -0.25) is 9.69 Å². The lowest BCUT2D eigenvalue weighted by Gasteiger charge is -2.33. The summed E-state index contributed by atoms with van der Waals surface area (Å²) in [5, 5.41) is 3.25. The molecule has 1 aromatic rings. The van der Waals surface area contributed by atoms with Crippen LogP contribution in [-0.4, -0.2) is 39.0 Å². The normalized spacial score (nSPS) is 21.4. The molecule has 0 saturated heterocycles. The molecule has 5 nitrogen and oxygen atoms in total. The van der Waals surface area contributed by atoms with E-state index in [1.165, 1.54) is 25.0 Å². The standard InChI is InChI=1S/C17H28N4O/c1-12-13(2)21-10-9-20(11-16(21)18-12)14(3)17(22)19-15-7-5-4-6-8-15/h14-15H,4-11H2,1-3H3,(H,19,22). The number of aromatic nitrogens is 2. The van der Waals surface area contributed by atoms with Crippen molar-refractivity contribution in [2.75, 3.05) is 6.54 Å². The number of imidazole rings is 1. The molecule has 22 heavy (non-hydrogen) atoms.